The summed E-state index contributed by atoms with van der Waals surface area (Å²) in [6.07, 6.45) is 2.68. The minimum atomic E-state index is -3.91. The summed E-state index contributed by atoms with van der Waals surface area (Å²) in [5.41, 5.74) is 1.53. The van der Waals surface area contributed by atoms with Crippen molar-refractivity contribution in [1.29, 1.82) is 0 Å². The van der Waals surface area contributed by atoms with Crippen molar-refractivity contribution < 1.29 is 18.0 Å². The van der Waals surface area contributed by atoms with Crippen molar-refractivity contribution in [3.63, 3.8) is 0 Å². The summed E-state index contributed by atoms with van der Waals surface area (Å²) in [7, 11) is -3.91. The number of likely N-dealkylation sites (tertiary alicyclic amines) is 1. The topological polar surface area (TPSA) is 134 Å². The van der Waals surface area contributed by atoms with Gasteiger partial charge in [-0.05, 0) is 55.3 Å². The Morgan fingerprint density at radius 2 is 1.76 bits per heavy atom. The molecule has 3 amide bonds. The minimum absolute atomic E-state index is 0.0121. The van der Waals surface area contributed by atoms with Crippen molar-refractivity contribution in [3.8, 4) is 11.1 Å². The number of nitrogens with two attached hydrogens (primary N) is 1. The van der Waals surface area contributed by atoms with Crippen molar-refractivity contribution in [2.24, 2.45) is 5.14 Å². The molecule has 1 aliphatic heterocycles. The molecule has 4 rings (SSSR count). The Labute approximate surface area is 202 Å². The molecule has 1 aliphatic rings. The molecule has 34 heavy (non-hydrogen) atoms. The van der Waals surface area contributed by atoms with Crippen LogP contribution in [0.4, 0.5) is 16.3 Å². The van der Waals surface area contributed by atoms with Gasteiger partial charge in [0.05, 0.1) is 4.90 Å². The van der Waals surface area contributed by atoms with Gasteiger partial charge in [-0.15, -0.1) is 0 Å². The zero-order valence-corrected chi connectivity index (χ0v) is 19.5. The first-order valence-corrected chi connectivity index (χ1v) is 12.4. The van der Waals surface area contributed by atoms with E-state index >= 15 is 0 Å². The van der Waals surface area contributed by atoms with Crippen LogP contribution in [0.25, 0.3) is 11.1 Å². The standard InChI is InChI=1S/C23H22ClN5O4S/c24-16-8-10-17(11-9-16)27-23(31)29-13-3-5-19(29)22(30)28-21-12-7-15(14-26-21)18-4-1-2-6-20(18)34(25,32)33/h1-2,4,6-12,14,19H,3,5,13H2,(H,27,31)(H2,25,32,33)(H,26,28,30). The predicted octanol–water partition coefficient (Wildman–Crippen LogP) is 3.68. The summed E-state index contributed by atoms with van der Waals surface area (Å²) in [5.74, 6) is -0.0688. The van der Waals surface area contributed by atoms with Crippen molar-refractivity contribution in [2.45, 2.75) is 23.8 Å². The molecule has 0 radical (unpaired) electrons. The highest BCUT2D eigenvalue weighted by Crippen LogP contribution is 2.27. The molecule has 2 aromatic carbocycles. The van der Waals surface area contributed by atoms with E-state index in [1.807, 2.05) is 0 Å². The van der Waals surface area contributed by atoms with Gasteiger partial charge in [-0.2, -0.15) is 0 Å². The van der Waals surface area contributed by atoms with Crippen LogP contribution < -0.4 is 15.8 Å². The number of carbonyl (C=O) groups excluding carboxylic acids is 2. The van der Waals surface area contributed by atoms with Gasteiger partial charge in [0.25, 0.3) is 0 Å². The van der Waals surface area contributed by atoms with Gasteiger partial charge in [0, 0.05) is 34.6 Å². The number of hydrogen-bond donors (Lipinski definition) is 3. The van der Waals surface area contributed by atoms with Crippen LogP contribution in [0.1, 0.15) is 12.8 Å². The zero-order valence-electron chi connectivity index (χ0n) is 17.9. The summed E-state index contributed by atoms with van der Waals surface area (Å²) in [5, 5.41) is 11.4. The first-order chi connectivity index (χ1) is 16.2. The van der Waals surface area contributed by atoms with Gasteiger partial charge in [-0.25, -0.2) is 23.3 Å². The number of sulfonamides is 1. The number of urea groups is 1. The maximum atomic E-state index is 12.9. The van der Waals surface area contributed by atoms with Gasteiger partial charge in [0.15, 0.2) is 0 Å². The summed E-state index contributed by atoms with van der Waals surface area (Å²) in [4.78, 5) is 31.3. The quantitative estimate of drug-likeness (QED) is 0.492. The van der Waals surface area contributed by atoms with Gasteiger partial charge < -0.3 is 15.5 Å². The third-order valence-electron chi connectivity index (χ3n) is 5.43. The number of anilines is 2. The van der Waals surface area contributed by atoms with Crippen LogP contribution in [0, 0.1) is 0 Å². The van der Waals surface area contributed by atoms with E-state index < -0.39 is 16.1 Å². The first-order valence-electron chi connectivity index (χ1n) is 10.4. The highest BCUT2D eigenvalue weighted by molar-refractivity contribution is 7.89. The molecule has 1 fully saturated rings. The Kier molecular flexibility index (Phi) is 6.82. The van der Waals surface area contributed by atoms with E-state index in [1.54, 1.807) is 54.6 Å². The van der Waals surface area contributed by atoms with Crippen LogP contribution in [0.15, 0.2) is 71.8 Å². The van der Waals surface area contributed by atoms with E-state index in [2.05, 4.69) is 15.6 Å². The molecular formula is C23H22ClN5O4S. The maximum absolute atomic E-state index is 12.9. The molecular weight excluding hydrogens is 478 g/mol. The predicted molar refractivity (Wildman–Crippen MR) is 130 cm³/mol. The average molecular weight is 500 g/mol. The lowest BCUT2D eigenvalue weighted by atomic mass is 10.1. The molecule has 9 nitrogen and oxygen atoms in total. The van der Waals surface area contributed by atoms with Crippen LogP contribution in [0.5, 0.6) is 0 Å². The molecule has 4 N–H and O–H groups in total. The second-order valence-corrected chi connectivity index (χ2v) is 9.72. The summed E-state index contributed by atoms with van der Waals surface area (Å²) in [6, 6.07) is 15.2. The molecule has 1 unspecified atom stereocenters. The van der Waals surface area contributed by atoms with Crippen LogP contribution in [-0.2, 0) is 14.8 Å². The fourth-order valence-electron chi connectivity index (χ4n) is 3.80. The first kappa shape index (κ1) is 23.7. The molecule has 176 valence electrons. The lowest BCUT2D eigenvalue weighted by Crippen LogP contribution is -2.45. The van der Waals surface area contributed by atoms with Gasteiger partial charge in [-0.3, -0.25) is 4.79 Å². The Morgan fingerprint density at radius 3 is 2.44 bits per heavy atom. The molecule has 0 aliphatic carbocycles. The molecule has 0 spiro atoms. The van der Waals surface area contributed by atoms with Gasteiger partial charge in [0.1, 0.15) is 11.9 Å². The van der Waals surface area contributed by atoms with Gasteiger partial charge in [0.2, 0.25) is 15.9 Å². The van der Waals surface area contributed by atoms with E-state index in [1.165, 1.54) is 17.2 Å². The number of primary sulfonamides is 1. The second-order valence-electron chi connectivity index (χ2n) is 7.75. The Morgan fingerprint density at radius 1 is 1.03 bits per heavy atom. The SMILES string of the molecule is NS(=O)(=O)c1ccccc1-c1ccc(NC(=O)C2CCCN2C(=O)Nc2ccc(Cl)cc2)nc1. The van der Waals surface area contributed by atoms with Crippen LogP contribution >= 0.6 is 11.6 Å². The fraction of sp³-hybridized carbons (Fsp3) is 0.174. The smallest absolute Gasteiger partial charge is 0.312 e. The van der Waals surface area contributed by atoms with Crippen LogP contribution in [-0.4, -0.2) is 42.8 Å². The Bertz CT molecular complexity index is 1310. The van der Waals surface area contributed by atoms with Crippen molar-refractivity contribution in [2.75, 3.05) is 17.2 Å². The number of benzene rings is 2. The summed E-state index contributed by atoms with van der Waals surface area (Å²) < 4.78 is 23.7. The number of hydrogen-bond acceptors (Lipinski definition) is 5. The highest BCUT2D eigenvalue weighted by atomic mass is 35.5. The van der Waals surface area contributed by atoms with Gasteiger partial charge >= 0.3 is 6.03 Å². The third-order valence-corrected chi connectivity index (χ3v) is 6.65. The van der Waals surface area contributed by atoms with Crippen molar-refractivity contribution in [1.82, 2.24) is 9.88 Å². The molecule has 1 aromatic heterocycles. The number of nitrogens with one attached hydrogen (secondary N) is 2. The van der Waals surface area contributed by atoms with E-state index in [9.17, 15) is 18.0 Å². The summed E-state index contributed by atoms with van der Waals surface area (Å²) in [6.45, 7) is 0.453. The number of pyridine rings is 1. The van der Waals surface area contributed by atoms with Crippen molar-refractivity contribution in [3.05, 3.63) is 71.9 Å². The molecule has 0 bridgehead atoms. The molecule has 2 heterocycles. The molecule has 1 atom stereocenters. The number of rotatable bonds is 5. The number of amides is 3. The third kappa shape index (κ3) is 5.36. The van der Waals surface area contributed by atoms with Crippen LogP contribution in [0.3, 0.4) is 0 Å². The zero-order chi connectivity index (χ0) is 24.3. The van der Waals surface area contributed by atoms with Gasteiger partial charge in [-0.1, -0.05) is 29.8 Å². The Balaban J connectivity index is 1.44. The molecule has 3 aromatic rings. The Hall–Kier alpha value is -3.47. The largest absolute Gasteiger partial charge is 0.322 e. The fourth-order valence-corrected chi connectivity index (χ4v) is 4.69. The molecule has 11 heteroatoms. The van der Waals surface area contributed by atoms with E-state index in [0.29, 0.717) is 41.2 Å². The lowest BCUT2D eigenvalue weighted by molar-refractivity contribution is -0.119. The van der Waals surface area contributed by atoms with E-state index in [-0.39, 0.29) is 22.7 Å². The minimum Gasteiger partial charge on any atom is -0.312 e. The number of halogens is 1. The van der Waals surface area contributed by atoms with Crippen molar-refractivity contribution >= 4 is 45.1 Å². The number of aromatic nitrogens is 1. The monoisotopic (exact) mass is 499 g/mol. The number of nitrogens with zero attached hydrogens (tertiary/aromatic N) is 2. The average Bonchev–Trinajstić information content (AvgIpc) is 3.31. The van der Waals surface area contributed by atoms with Crippen LogP contribution in [0.2, 0.25) is 5.02 Å². The summed E-state index contributed by atoms with van der Waals surface area (Å²) >= 11 is 5.87. The second kappa shape index (κ2) is 9.80. The maximum Gasteiger partial charge on any atom is 0.322 e. The van der Waals surface area contributed by atoms with E-state index in [0.717, 1.165) is 0 Å². The van der Waals surface area contributed by atoms with E-state index in [4.69, 9.17) is 16.7 Å². The number of carbonyl (C=O) groups is 2. The highest BCUT2D eigenvalue weighted by Gasteiger charge is 2.34. The lowest BCUT2D eigenvalue weighted by Gasteiger charge is -2.24. The molecule has 1 saturated heterocycles. The normalized spacial score (nSPS) is 15.7. The molecule has 0 saturated carbocycles.